The number of benzene rings is 1. The molecule has 2 N–H and O–H groups in total. The van der Waals surface area contributed by atoms with Gasteiger partial charge in [-0.15, -0.1) is 0 Å². The van der Waals surface area contributed by atoms with E-state index in [0.29, 0.717) is 24.6 Å². The standard InChI is InChI=1S/C16H16N6O/c1-3-22-15-14(10(2)21-22)20-13(8-18-16(15)19-9-17)11-4-6-12(23)7-5-11/h4-7,23H,3,8H2,1-2H3,(H,18,19). The van der Waals surface area contributed by atoms with Gasteiger partial charge in [-0.05, 0) is 43.7 Å². The van der Waals surface area contributed by atoms with Gasteiger partial charge < -0.3 is 10.4 Å². The third kappa shape index (κ3) is 2.66. The Morgan fingerprint density at radius 2 is 2.13 bits per heavy atom. The van der Waals surface area contributed by atoms with Crippen molar-refractivity contribution in [3.8, 4) is 11.9 Å². The minimum Gasteiger partial charge on any atom is -0.508 e. The smallest absolute Gasteiger partial charge is 0.207 e. The molecule has 7 nitrogen and oxygen atoms in total. The molecule has 1 aliphatic rings. The Bertz CT molecular complexity index is 839. The number of aromatic nitrogens is 2. The van der Waals surface area contributed by atoms with Crippen LogP contribution in [-0.2, 0) is 6.54 Å². The highest BCUT2D eigenvalue weighted by Gasteiger charge is 2.23. The molecule has 3 rings (SSSR count). The maximum atomic E-state index is 9.44. The summed E-state index contributed by atoms with van der Waals surface area (Å²) in [6, 6.07) is 6.86. The van der Waals surface area contributed by atoms with E-state index >= 15 is 0 Å². The zero-order valence-corrected chi connectivity index (χ0v) is 12.9. The van der Waals surface area contributed by atoms with Crippen molar-refractivity contribution in [3.05, 3.63) is 41.2 Å². The van der Waals surface area contributed by atoms with Crippen LogP contribution in [0.15, 0.2) is 34.3 Å². The molecular formula is C16H16N6O. The summed E-state index contributed by atoms with van der Waals surface area (Å²) in [4.78, 5) is 8.62. The molecule has 0 saturated heterocycles. The summed E-state index contributed by atoms with van der Waals surface area (Å²) in [6.45, 7) is 4.96. The Morgan fingerprint density at radius 1 is 1.39 bits per heavy atom. The summed E-state index contributed by atoms with van der Waals surface area (Å²) in [5, 5.41) is 26.0. The molecule has 2 aromatic rings. The number of aliphatic imine (C=N–C) groups is 2. The molecule has 2 heterocycles. The van der Waals surface area contributed by atoms with Crippen LogP contribution in [0.2, 0.25) is 0 Å². The quantitative estimate of drug-likeness (QED) is 0.827. The number of fused-ring (bicyclic) bond motifs is 1. The predicted molar refractivity (Wildman–Crippen MR) is 87.1 cm³/mol. The monoisotopic (exact) mass is 308 g/mol. The summed E-state index contributed by atoms with van der Waals surface area (Å²) in [5.74, 6) is 0.681. The number of aryl methyl sites for hydroxylation is 2. The summed E-state index contributed by atoms with van der Waals surface area (Å²) >= 11 is 0. The van der Waals surface area contributed by atoms with Crippen molar-refractivity contribution >= 4 is 17.2 Å². The van der Waals surface area contributed by atoms with Crippen LogP contribution in [0.3, 0.4) is 0 Å². The van der Waals surface area contributed by atoms with E-state index in [9.17, 15) is 5.11 Å². The van der Waals surface area contributed by atoms with Gasteiger partial charge in [0.15, 0.2) is 5.84 Å². The van der Waals surface area contributed by atoms with Crippen LogP contribution >= 0.6 is 0 Å². The first-order chi connectivity index (χ1) is 11.1. The maximum Gasteiger partial charge on any atom is 0.207 e. The van der Waals surface area contributed by atoms with Gasteiger partial charge in [0, 0.05) is 6.54 Å². The van der Waals surface area contributed by atoms with Gasteiger partial charge in [0.1, 0.15) is 17.1 Å². The third-order valence-corrected chi connectivity index (χ3v) is 3.65. The van der Waals surface area contributed by atoms with Crippen molar-refractivity contribution in [2.75, 3.05) is 6.54 Å². The van der Waals surface area contributed by atoms with E-state index in [0.717, 1.165) is 22.7 Å². The fraction of sp³-hybridized carbons (Fsp3) is 0.250. The molecule has 1 aromatic carbocycles. The summed E-state index contributed by atoms with van der Waals surface area (Å²) in [6.07, 6.45) is 1.83. The van der Waals surface area contributed by atoms with Crippen LogP contribution < -0.4 is 5.32 Å². The largest absolute Gasteiger partial charge is 0.508 e. The first-order valence-corrected chi connectivity index (χ1v) is 7.29. The summed E-state index contributed by atoms with van der Waals surface area (Å²) in [5.41, 5.74) is 3.91. The van der Waals surface area contributed by atoms with Crippen molar-refractivity contribution in [1.82, 2.24) is 15.1 Å². The number of nitriles is 1. The normalized spacial score (nSPS) is 15.3. The van der Waals surface area contributed by atoms with Crippen LogP contribution in [0.1, 0.15) is 23.9 Å². The Balaban J connectivity index is 2.16. The molecule has 1 aromatic heterocycles. The fourth-order valence-corrected chi connectivity index (χ4v) is 2.56. The highest BCUT2D eigenvalue weighted by atomic mass is 16.3. The Morgan fingerprint density at radius 3 is 2.78 bits per heavy atom. The van der Waals surface area contributed by atoms with E-state index in [1.54, 1.807) is 16.8 Å². The maximum absolute atomic E-state index is 9.44. The fourth-order valence-electron chi connectivity index (χ4n) is 2.56. The second-order valence-electron chi connectivity index (χ2n) is 5.12. The molecule has 0 spiro atoms. The van der Waals surface area contributed by atoms with Gasteiger partial charge in [0.05, 0.1) is 18.0 Å². The number of hydrogen-bond acceptors (Lipinski definition) is 5. The SMILES string of the molecule is CCn1nc(C)c2c1/C(=N\C#N)NCC(c1ccc(O)cc1)=N2. The average molecular weight is 308 g/mol. The van der Waals surface area contributed by atoms with Crippen molar-refractivity contribution < 1.29 is 5.11 Å². The van der Waals surface area contributed by atoms with Gasteiger partial charge in [-0.1, -0.05) is 0 Å². The lowest BCUT2D eigenvalue weighted by Crippen LogP contribution is -2.30. The van der Waals surface area contributed by atoms with Crippen molar-refractivity contribution in [2.24, 2.45) is 9.98 Å². The van der Waals surface area contributed by atoms with Crippen molar-refractivity contribution in [3.63, 3.8) is 0 Å². The number of phenols is 1. The number of hydrogen-bond donors (Lipinski definition) is 2. The Kier molecular flexibility index (Phi) is 3.81. The molecule has 0 unspecified atom stereocenters. The first kappa shape index (κ1) is 14.8. The van der Waals surface area contributed by atoms with E-state index < -0.39 is 0 Å². The van der Waals surface area contributed by atoms with Gasteiger partial charge in [-0.25, -0.2) is 4.99 Å². The topological polar surface area (TPSA) is 98.6 Å². The van der Waals surface area contributed by atoms with Gasteiger partial charge in [0.25, 0.3) is 0 Å². The molecule has 0 aliphatic carbocycles. The average Bonchev–Trinajstić information content (AvgIpc) is 2.74. The molecule has 0 atom stereocenters. The zero-order chi connectivity index (χ0) is 16.4. The second-order valence-corrected chi connectivity index (χ2v) is 5.12. The molecule has 116 valence electrons. The molecule has 0 fully saturated rings. The van der Waals surface area contributed by atoms with Gasteiger partial charge in [0.2, 0.25) is 6.19 Å². The van der Waals surface area contributed by atoms with E-state index in [-0.39, 0.29) is 5.75 Å². The van der Waals surface area contributed by atoms with Crippen LogP contribution in [0.5, 0.6) is 5.75 Å². The second kappa shape index (κ2) is 5.93. The minimum atomic E-state index is 0.207. The number of phenolic OH excluding ortho intramolecular Hbond substituents is 1. The molecule has 1 aliphatic heterocycles. The highest BCUT2D eigenvalue weighted by Crippen LogP contribution is 2.27. The molecule has 0 amide bonds. The lowest BCUT2D eigenvalue weighted by Gasteiger charge is -2.08. The van der Waals surface area contributed by atoms with Crippen LogP contribution in [0, 0.1) is 18.4 Å². The molecule has 7 heteroatoms. The number of rotatable bonds is 2. The third-order valence-electron chi connectivity index (χ3n) is 3.65. The summed E-state index contributed by atoms with van der Waals surface area (Å²) < 4.78 is 1.79. The molecule has 23 heavy (non-hydrogen) atoms. The minimum absolute atomic E-state index is 0.207. The lowest BCUT2D eigenvalue weighted by atomic mass is 10.1. The van der Waals surface area contributed by atoms with Crippen LogP contribution in [-0.4, -0.2) is 33.0 Å². The van der Waals surface area contributed by atoms with Crippen molar-refractivity contribution in [1.29, 1.82) is 5.26 Å². The number of nitrogens with one attached hydrogen (secondary N) is 1. The van der Waals surface area contributed by atoms with E-state index in [1.807, 2.05) is 32.2 Å². The summed E-state index contributed by atoms with van der Waals surface area (Å²) in [7, 11) is 0. The number of aromatic hydroxyl groups is 1. The number of amidine groups is 1. The van der Waals surface area contributed by atoms with E-state index in [2.05, 4.69) is 15.4 Å². The molecular weight excluding hydrogens is 292 g/mol. The van der Waals surface area contributed by atoms with Gasteiger partial charge in [-0.3, -0.25) is 4.68 Å². The Labute approximate surface area is 133 Å². The molecule has 0 radical (unpaired) electrons. The Hall–Kier alpha value is -3.14. The van der Waals surface area contributed by atoms with Crippen LogP contribution in [0.25, 0.3) is 0 Å². The van der Waals surface area contributed by atoms with Gasteiger partial charge >= 0.3 is 0 Å². The molecule has 0 bridgehead atoms. The highest BCUT2D eigenvalue weighted by molar-refractivity contribution is 6.12. The lowest BCUT2D eigenvalue weighted by molar-refractivity contribution is 0.475. The predicted octanol–water partition coefficient (Wildman–Crippen LogP) is 1.87. The van der Waals surface area contributed by atoms with Crippen LogP contribution in [0.4, 0.5) is 5.69 Å². The molecule has 0 saturated carbocycles. The zero-order valence-electron chi connectivity index (χ0n) is 12.9. The van der Waals surface area contributed by atoms with E-state index in [4.69, 9.17) is 10.3 Å². The first-order valence-electron chi connectivity index (χ1n) is 7.29. The number of nitrogens with zero attached hydrogens (tertiary/aromatic N) is 5. The van der Waals surface area contributed by atoms with Crippen molar-refractivity contribution in [2.45, 2.75) is 20.4 Å². The van der Waals surface area contributed by atoms with E-state index in [1.165, 1.54) is 0 Å². The van der Waals surface area contributed by atoms with Gasteiger partial charge in [-0.2, -0.15) is 15.4 Å².